The summed E-state index contributed by atoms with van der Waals surface area (Å²) in [4.78, 5) is 62.9. The molecule has 0 N–H and O–H groups in total. The molecule has 0 atom stereocenters. The van der Waals surface area contributed by atoms with Gasteiger partial charge in [0.1, 0.15) is 5.52 Å². The molecule has 2 aliphatic heterocycles. The summed E-state index contributed by atoms with van der Waals surface area (Å²) in [5.74, 6) is -1.23. The Hall–Kier alpha value is -4.53. The third-order valence-corrected chi connectivity index (χ3v) is 10.1. The molecule has 0 bridgehead atoms. The first kappa shape index (κ1) is 24.1. The highest BCUT2D eigenvalue weighted by molar-refractivity contribution is 6.39. The Morgan fingerprint density at radius 3 is 1.69 bits per heavy atom. The number of carbonyl (C=O) groups is 4. The van der Waals surface area contributed by atoms with Gasteiger partial charge >= 0.3 is 0 Å². The van der Waals surface area contributed by atoms with Crippen LogP contribution in [-0.4, -0.2) is 60.7 Å². The maximum absolute atomic E-state index is 13.8. The number of amides is 4. The predicted molar refractivity (Wildman–Crippen MR) is 156 cm³/mol. The molecule has 0 radical (unpaired) electrons. The van der Waals surface area contributed by atoms with E-state index in [4.69, 9.17) is 4.98 Å². The van der Waals surface area contributed by atoms with Crippen LogP contribution in [0.3, 0.4) is 0 Å². The lowest BCUT2D eigenvalue weighted by atomic mass is 9.85. The Morgan fingerprint density at radius 1 is 0.524 bits per heavy atom. The van der Waals surface area contributed by atoms with Crippen molar-refractivity contribution in [2.45, 2.75) is 76.3 Å². The lowest BCUT2D eigenvalue weighted by Crippen LogP contribution is -2.48. The van der Waals surface area contributed by atoms with E-state index in [1.54, 1.807) is 18.3 Å². The van der Waals surface area contributed by atoms with Gasteiger partial charge in [-0.15, -0.1) is 10.2 Å². The molecule has 9 heteroatoms. The maximum atomic E-state index is 13.8. The van der Waals surface area contributed by atoms with Crippen LogP contribution in [0, 0.1) is 0 Å². The van der Waals surface area contributed by atoms with Crippen LogP contribution < -0.4 is 0 Å². The van der Waals surface area contributed by atoms with Crippen LogP contribution >= 0.6 is 0 Å². The standard InChI is InChI=1S/C33H27N5O4/c39-30-20-13-12-19-24-23(20)22(32(41)37(30)16-7-3-1-4-8-16)15-34-27(24)18-11-14-21-26-25(18)28(19)35-36-29(26)33(42)38(31(21)40)17-9-5-2-6-10-17/h11-17H,1-10H2. The minimum Gasteiger partial charge on any atom is -0.271 e. The van der Waals surface area contributed by atoms with Gasteiger partial charge in [0.25, 0.3) is 23.6 Å². The van der Waals surface area contributed by atoms with Crippen molar-refractivity contribution in [1.82, 2.24) is 25.0 Å². The highest BCUT2D eigenvalue weighted by atomic mass is 16.2. The molecule has 9 nitrogen and oxygen atoms in total. The average Bonchev–Trinajstić information content (AvgIpc) is 3.03. The summed E-state index contributed by atoms with van der Waals surface area (Å²) in [5, 5.41) is 12.9. The lowest BCUT2D eigenvalue weighted by molar-refractivity contribution is 0.0485. The van der Waals surface area contributed by atoms with E-state index in [1.807, 2.05) is 12.1 Å². The summed E-state index contributed by atoms with van der Waals surface area (Å²) in [7, 11) is 0. The quantitative estimate of drug-likeness (QED) is 0.154. The van der Waals surface area contributed by atoms with E-state index < -0.39 is 5.91 Å². The van der Waals surface area contributed by atoms with Gasteiger partial charge in [0.2, 0.25) is 0 Å². The number of benzene rings is 3. The molecule has 3 aromatic carbocycles. The van der Waals surface area contributed by atoms with Gasteiger partial charge in [-0.1, -0.05) is 50.7 Å². The molecule has 0 unspecified atom stereocenters. The number of fused-ring (bicyclic) bond motifs is 2. The summed E-state index contributed by atoms with van der Waals surface area (Å²) >= 11 is 0. The van der Waals surface area contributed by atoms with Crippen molar-refractivity contribution in [2.24, 2.45) is 0 Å². The first-order chi connectivity index (χ1) is 20.5. The lowest BCUT2D eigenvalue weighted by Gasteiger charge is -2.36. The van der Waals surface area contributed by atoms with E-state index in [9.17, 15) is 19.2 Å². The number of hydrogen-bond acceptors (Lipinski definition) is 7. The zero-order valence-electron chi connectivity index (χ0n) is 23.0. The molecular weight excluding hydrogens is 530 g/mol. The Balaban J connectivity index is 1.29. The van der Waals surface area contributed by atoms with Crippen LogP contribution in [0.25, 0.3) is 43.4 Å². The molecule has 42 heavy (non-hydrogen) atoms. The molecule has 4 heterocycles. The number of aromatic nitrogens is 3. The van der Waals surface area contributed by atoms with Gasteiger partial charge < -0.3 is 0 Å². The Bertz CT molecular complexity index is 1790. The summed E-state index contributed by atoms with van der Waals surface area (Å²) in [5.41, 5.74) is 2.71. The molecule has 5 aromatic rings. The van der Waals surface area contributed by atoms with Crippen LogP contribution in [0.2, 0.25) is 0 Å². The van der Waals surface area contributed by atoms with Crippen molar-refractivity contribution in [3.8, 4) is 0 Å². The normalized spacial score (nSPS) is 20.3. The SMILES string of the molecule is O=C1c2ccc3c4nnc5c6c(ccc(c7ncc(c2c37)C(=O)N1C1CCCCC1)c64)C(=O)N(C1CCCCC1)C5=O. The van der Waals surface area contributed by atoms with Crippen LogP contribution in [0.4, 0.5) is 0 Å². The fourth-order valence-electron chi connectivity index (χ4n) is 8.17. The van der Waals surface area contributed by atoms with Crippen LogP contribution in [-0.2, 0) is 0 Å². The molecule has 9 rings (SSSR count). The van der Waals surface area contributed by atoms with Crippen LogP contribution in [0.5, 0.6) is 0 Å². The first-order valence-corrected chi connectivity index (χ1v) is 15.1. The summed E-state index contributed by atoms with van der Waals surface area (Å²) < 4.78 is 0. The molecule has 2 saturated carbocycles. The molecule has 4 amide bonds. The fraction of sp³-hybridized carbons (Fsp3) is 0.364. The minimum atomic E-state index is -0.390. The van der Waals surface area contributed by atoms with Crippen molar-refractivity contribution in [3.63, 3.8) is 0 Å². The second kappa shape index (κ2) is 8.50. The molecule has 2 aromatic heterocycles. The Morgan fingerprint density at radius 2 is 1.05 bits per heavy atom. The maximum Gasteiger partial charge on any atom is 0.282 e. The largest absolute Gasteiger partial charge is 0.282 e. The highest BCUT2D eigenvalue weighted by Crippen LogP contribution is 2.45. The molecule has 0 spiro atoms. The average molecular weight is 558 g/mol. The zero-order chi connectivity index (χ0) is 28.3. The van der Waals surface area contributed by atoms with Gasteiger partial charge in [-0.25, -0.2) is 0 Å². The molecule has 2 fully saturated rings. The van der Waals surface area contributed by atoms with Crippen molar-refractivity contribution < 1.29 is 19.2 Å². The van der Waals surface area contributed by atoms with E-state index in [0.717, 1.165) is 69.6 Å². The van der Waals surface area contributed by atoms with Crippen molar-refractivity contribution in [3.05, 3.63) is 52.8 Å². The number of carbonyl (C=O) groups excluding carboxylic acids is 4. The summed E-state index contributed by atoms with van der Waals surface area (Å²) in [6, 6.07) is 7.03. The minimum absolute atomic E-state index is 0.0971. The van der Waals surface area contributed by atoms with Crippen molar-refractivity contribution >= 4 is 67.0 Å². The van der Waals surface area contributed by atoms with Crippen molar-refractivity contribution in [1.29, 1.82) is 0 Å². The van der Waals surface area contributed by atoms with Gasteiger partial charge in [0, 0.05) is 56.2 Å². The molecular formula is C33H27N5O4. The van der Waals surface area contributed by atoms with E-state index >= 15 is 0 Å². The van der Waals surface area contributed by atoms with Crippen LogP contribution in [0.1, 0.15) is 106 Å². The van der Waals surface area contributed by atoms with Gasteiger partial charge in [0.05, 0.1) is 16.6 Å². The van der Waals surface area contributed by atoms with Crippen molar-refractivity contribution in [2.75, 3.05) is 0 Å². The number of imide groups is 2. The second-order valence-electron chi connectivity index (χ2n) is 12.3. The Labute approximate surface area is 240 Å². The van der Waals surface area contributed by atoms with E-state index in [0.29, 0.717) is 54.7 Å². The van der Waals surface area contributed by atoms with Gasteiger partial charge in [0.15, 0.2) is 5.69 Å². The first-order valence-electron chi connectivity index (χ1n) is 15.1. The molecule has 0 saturated heterocycles. The third-order valence-electron chi connectivity index (χ3n) is 10.1. The van der Waals surface area contributed by atoms with E-state index in [1.165, 1.54) is 9.80 Å². The number of pyridine rings is 1. The third kappa shape index (κ3) is 2.95. The predicted octanol–water partition coefficient (Wildman–Crippen LogP) is 5.78. The van der Waals surface area contributed by atoms with E-state index in [-0.39, 0.29) is 35.5 Å². The number of rotatable bonds is 2. The van der Waals surface area contributed by atoms with Gasteiger partial charge in [-0.3, -0.25) is 34.0 Å². The smallest absolute Gasteiger partial charge is 0.271 e. The van der Waals surface area contributed by atoms with Gasteiger partial charge in [-0.2, -0.15) is 0 Å². The number of hydrogen-bond donors (Lipinski definition) is 0. The molecule has 4 aliphatic rings. The fourth-order valence-corrected chi connectivity index (χ4v) is 8.17. The van der Waals surface area contributed by atoms with Gasteiger partial charge in [-0.05, 0) is 37.8 Å². The molecule has 208 valence electrons. The Kier molecular flexibility index (Phi) is 4.88. The zero-order valence-corrected chi connectivity index (χ0v) is 23.0. The van der Waals surface area contributed by atoms with Crippen LogP contribution in [0.15, 0.2) is 30.5 Å². The monoisotopic (exact) mass is 557 g/mol. The summed E-state index contributed by atoms with van der Waals surface area (Å²) in [6.07, 6.45) is 11.1. The van der Waals surface area contributed by atoms with E-state index in [2.05, 4.69) is 10.2 Å². The molecule has 2 aliphatic carbocycles. The topological polar surface area (TPSA) is 113 Å². The highest BCUT2D eigenvalue weighted by Gasteiger charge is 2.42. The summed E-state index contributed by atoms with van der Waals surface area (Å²) in [6.45, 7) is 0. The second-order valence-corrected chi connectivity index (χ2v) is 12.3. The number of nitrogens with zero attached hydrogens (tertiary/aromatic N) is 5.